The molecule has 0 spiro atoms. The number of methoxy groups -OCH3 is 1. The second-order valence-corrected chi connectivity index (χ2v) is 6.10. The molecule has 0 radical (unpaired) electrons. The van der Waals surface area contributed by atoms with E-state index in [1.165, 1.54) is 7.11 Å². The van der Waals surface area contributed by atoms with Gasteiger partial charge < -0.3 is 15.2 Å². The first-order valence-electron chi connectivity index (χ1n) is 8.38. The van der Waals surface area contributed by atoms with Crippen molar-refractivity contribution in [3.8, 4) is 23.2 Å². The van der Waals surface area contributed by atoms with Gasteiger partial charge in [-0.3, -0.25) is 10.1 Å². The molecule has 0 unspecified atom stereocenters. The zero-order valence-electron chi connectivity index (χ0n) is 14.8. The van der Waals surface area contributed by atoms with Crippen molar-refractivity contribution < 1.29 is 14.3 Å². The maximum absolute atomic E-state index is 11.7. The Morgan fingerprint density at radius 2 is 2.11 bits per heavy atom. The number of hydrogen-bond acceptors (Lipinski definition) is 7. The van der Waals surface area contributed by atoms with Gasteiger partial charge in [-0.25, -0.2) is 4.79 Å². The van der Waals surface area contributed by atoms with E-state index in [-0.39, 0.29) is 11.5 Å². The van der Waals surface area contributed by atoms with Crippen LogP contribution in [-0.4, -0.2) is 28.3 Å². The molecule has 1 aliphatic heterocycles. The van der Waals surface area contributed by atoms with Gasteiger partial charge in [0.1, 0.15) is 11.6 Å². The van der Waals surface area contributed by atoms with Gasteiger partial charge in [-0.1, -0.05) is 18.2 Å². The standard InChI is InChI=1S/C20H15N5O3/c1-27-20(26)12-6-4-11(5-7-12)17-16-15(13-3-2-8-23-10-13)14(9-21)18(22)28-19(16)25-24-17/h2-8,10,15H,22H2,1H3,(H,24,25)/t15-/m1/s1. The highest BCUT2D eigenvalue weighted by Crippen LogP contribution is 2.45. The van der Waals surface area contributed by atoms with E-state index < -0.39 is 11.9 Å². The molecule has 1 atom stereocenters. The molecular weight excluding hydrogens is 358 g/mol. The van der Waals surface area contributed by atoms with Crippen LogP contribution in [0.1, 0.15) is 27.4 Å². The Balaban J connectivity index is 1.86. The van der Waals surface area contributed by atoms with Gasteiger partial charge in [0.05, 0.1) is 29.8 Å². The van der Waals surface area contributed by atoms with Gasteiger partial charge in [-0.15, -0.1) is 5.10 Å². The van der Waals surface area contributed by atoms with E-state index in [4.69, 9.17) is 15.2 Å². The SMILES string of the molecule is COC(=O)c1ccc(-c2[nH]nc3c2[C@H](c2cccnc2)C(C#N)=C(N)O3)cc1. The van der Waals surface area contributed by atoms with E-state index in [1.807, 2.05) is 6.07 Å². The highest BCUT2D eigenvalue weighted by atomic mass is 16.5. The highest BCUT2D eigenvalue weighted by Gasteiger charge is 2.35. The van der Waals surface area contributed by atoms with Gasteiger partial charge in [0.15, 0.2) is 0 Å². The number of rotatable bonds is 3. The molecule has 3 N–H and O–H groups in total. The van der Waals surface area contributed by atoms with Gasteiger partial charge in [0.25, 0.3) is 0 Å². The minimum absolute atomic E-state index is 0.0166. The zero-order valence-corrected chi connectivity index (χ0v) is 14.8. The number of ether oxygens (including phenoxy) is 2. The number of hydrogen-bond donors (Lipinski definition) is 2. The van der Waals surface area contributed by atoms with E-state index in [0.717, 1.165) is 11.1 Å². The first-order valence-corrected chi connectivity index (χ1v) is 8.38. The number of carbonyl (C=O) groups is 1. The lowest BCUT2D eigenvalue weighted by Crippen LogP contribution is -2.21. The summed E-state index contributed by atoms with van der Waals surface area (Å²) in [7, 11) is 1.33. The number of pyridine rings is 1. The number of fused-ring (bicyclic) bond motifs is 1. The number of aromatic amines is 1. The number of benzene rings is 1. The first kappa shape index (κ1) is 17.3. The molecular formula is C20H15N5O3. The van der Waals surface area contributed by atoms with Crippen molar-refractivity contribution in [3.63, 3.8) is 0 Å². The lowest BCUT2D eigenvalue weighted by atomic mass is 9.83. The Morgan fingerprint density at radius 3 is 2.75 bits per heavy atom. The van der Waals surface area contributed by atoms with E-state index in [2.05, 4.69) is 21.3 Å². The molecule has 4 rings (SSSR count). The minimum Gasteiger partial charge on any atom is -0.465 e. The third kappa shape index (κ3) is 2.75. The number of H-pyrrole nitrogens is 1. The van der Waals surface area contributed by atoms with Crippen LogP contribution >= 0.6 is 0 Å². The number of nitrogens with two attached hydrogens (primary N) is 1. The molecule has 0 aliphatic carbocycles. The maximum Gasteiger partial charge on any atom is 0.337 e. The molecule has 0 saturated carbocycles. The molecule has 138 valence electrons. The fourth-order valence-electron chi connectivity index (χ4n) is 3.24. The minimum atomic E-state index is -0.475. The van der Waals surface area contributed by atoms with Crippen LogP contribution in [0.5, 0.6) is 5.88 Å². The van der Waals surface area contributed by atoms with Crippen molar-refractivity contribution in [3.05, 3.63) is 76.9 Å². The van der Waals surface area contributed by atoms with Gasteiger partial charge in [-0.05, 0) is 23.8 Å². The third-order valence-corrected chi connectivity index (χ3v) is 4.55. The normalized spacial score (nSPS) is 15.4. The Hall–Kier alpha value is -4.12. The third-order valence-electron chi connectivity index (χ3n) is 4.55. The van der Waals surface area contributed by atoms with Crippen molar-refractivity contribution >= 4 is 5.97 Å². The molecule has 3 heterocycles. The fourth-order valence-corrected chi connectivity index (χ4v) is 3.24. The molecule has 1 aliphatic rings. The van der Waals surface area contributed by atoms with Crippen LogP contribution in [0.25, 0.3) is 11.3 Å². The molecule has 1 aromatic carbocycles. The average molecular weight is 373 g/mol. The van der Waals surface area contributed by atoms with Crippen LogP contribution in [0.3, 0.4) is 0 Å². The van der Waals surface area contributed by atoms with Gasteiger partial charge >= 0.3 is 5.97 Å². The summed E-state index contributed by atoms with van der Waals surface area (Å²) in [5, 5.41) is 16.8. The van der Waals surface area contributed by atoms with Crippen molar-refractivity contribution in [2.75, 3.05) is 7.11 Å². The van der Waals surface area contributed by atoms with E-state index >= 15 is 0 Å². The summed E-state index contributed by atoms with van der Waals surface area (Å²) in [5.41, 5.74) is 9.59. The van der Waals surface area contributed by atoms with Crippen LogP contribution < -0.4 is 10.5 Å². The van der Waals surface area contributed by atoms with Crippen LogP contribution in [-0.2, 0) is 4.74 Å². The number of carbonyl (C=O) groups excluding carboxylic acids is 1. The topological polar surface area (TPSA) is 127 Å². The summed E-state index contributed by atoms with van der Waals surface area (Å²) in [6, 6.07) is 12.7. The Labute approximate surface area is 160 Å². The summed E-state index contributed by atoms with van der Waals surface area (Å²) in [4.78, 5) is 15.8. The molecule has 8 nitrogen and oxygen atoms in total. The second-order valence-electron chi connectivity index (χ2n) is 6.10. The number of nitrogens with zero attached hydrogens (tertiary/aromatic N) is 3. The number of allylic oxidation sites excluding steroid dienone is 1. The highest BCUT2D eigenvalue weighted by molar-refractivity contribution is 5.90. The molecule has 0 fully saturated rings. The molecule has 2 aromatic heterocycles. The van der Waals surface area contributed by atoms with Crippen LogP contribution in [0.15, 0.2) is 60.2 Å². The predicted molar refractivity (Wildman–Crippen MR) is 98.9 cm³/mol. The second kappa shape index (κ2) is 6.89. The van der Waals surface area contributed by atoms with Crippen LogP contribution in [0.2, 0.25) is 0 Å². The van der Waals surface area contributed by atoms with Gasteiger partial charge in [0, 0.05) is 18.0 Å². The first-order chi connectivity index (χ1) is 13.6. The van der Waals surface area contributed by atoms with Crippen molar-refractivity contribution in [1.29, 1.82) is 5.26 Å². The molecule has 8 heteroatoms. The van der Waals surface area contributed by atoms with Crippen molar-refractivity contribution in [2.45, 2.75) is 5.92 Å². The summed E-state index contributed by atoms with van der Waals surface area (Å²) >= 11 is 0. The summed E-state index contributed by atoms with van der Waals surface area (Å²) < 4.78 is 10.3. The molecule has 0 bridgehead atoms. The summed E-state index contributed by atoms with van der Waals surface area (Å²) in [6.07, 6.45) is 3.34. The Morgan fingerprint density at radius 1 is 1.32 bits per heavy atom. The monoisotopic (exact) mass is 373 g/mol. The molecule has 0 amide bonds. The van der Waals surface area contributed by atoms with E-state index in [0.29, 0.717) is 22.7 Å². The maximum atomic E-state index is 11.7. The van der Waals surface area contributed by atoms with Crippen LogP contribution in [0.4, 0.5) is 0 Å². The zero-order chi connectivity index (χ0) is 19.7. The largest absolute Gasteiger partial charge is 0.465 e. The van der Waals surface area contributed by atoms with E-state index in [9.17, 15) is 10.1 Å². The van der Waals surface area contributed by atoms with Crippen molar-refractivity contribution in [2.24, 2.45) is 5.73 Å². The smallest absolute Gasteiger partial charge is 0.337 e. The quantitative estimate of drug-likeness (QED) is 0.675. The Kier molecular flexibility index (Phi) is 4.26. The van der Waals surface area contributed by atoms with E-state index in [1.54, 1.807) is 42.7 Å². The Bertz CT molecular complexity index is 1110. The fraction of sp³-hybridized carbons (Fsp3) is 0.100. The van der Waals surface area contributed by atoms with Crippen LogP contribution in [0, 0.1) is 11.3 Å². The lowest BCUT2D eigenvalue weighted by Gasteiger charge is -2.23. The number of nitrogens with one attached hydrogen (secondary N) is 1. The van der Waals surface area contributed by atoms with Crippen molar-refractivity contribution in [1.82, 2.24) is 15.2 Å². The predicted octanol–water partition coefficient (Wildman–Crippen LogP) is 2.48. The number of esters is 1. The number of aromatic nitrogens is 3. The molecule has 3 aromatic rings. The lowest BCUT2D eigenvalue weighted by molar-refractivity contribution is 0.0600. The summed E-state index contributed by atoms with van der Waals surface area (Å²) in [6.45, 7) is 0. The molecule has 28 heavy (non-hydrogen) atoms. The average Bonchev–Trinajstić information content (AvgIpc) is 3.16. The number of nitriles is 1. The molecule has 0 saturated heterocycles. The van der Waals surface area contributed by atoms with Gasteiger partial charge in [-0.2, -0.15) is 5.26 Å². The van der Waals surface area contributed by atoms with Gasteiger partial charge in [0.2, 0.25) is 11.8 Å². The summed E-state index contributed by atoms with van der Waals surface area (Å²) in [5.74, 6) is -0.575.